The largest absolute Gasteiger partial charge is 0.462 e. The van der Waals surface area contributed by atoms with Crippen molar-refractivity contribution in [3.8, 4) is 0 Å². The van der Waals surface area contributed by atoms with E-state index in [1.165, 1.54) is 0 Å². The lowest BCUT2D eigenvalue weighted by Crippen LogP contribution is -2.43. The fourth-order valence-corrected chi connectivity index (χ4v) is 2.55. The number of piperazine rings is 1. The van der Waals surface area contributed by atoms with Crippen molar-refractivity contribution < 1.29 is 9.53 Å². The maximum atomic E-state index is 9.60. The minimum atomic E-state index is -0.318. The van der Waals surface area contributed by atoms with E-state index in [9.17, 15) is 4.79 Å². The summed E-state index contributed by atoms with van der Waals surface area (Å²) in [5.74, 6) is 0.573. The van der Waals surface area contributed by atoms with Gasteiger partial charge in [0, 0.05) is 37.3 Å². The fraction of sp³-hybridized carbons (Fsp3) is 0.692. The number of hydrogen-bond donors (Lipinski definition) is 1. The Kier molecular flexibility index (Phi) is 7.26. The average molecular weight is 320 g/mol. The zero-order valence-electron chi connectivity index (χ0n) is 12.2. The number of aromatic nitrogens is 1. The fourth-order valence-electron chi connectivity index (χ4n) is 1.51. The van der Waals surface area contributed by atoms with Crippen molar-refractivity contribution in [2.75, 3.05) is 31.1 Å². The summed E-state index contributed by atoms with van der Waals surface area (Å²) < 4.78 is 4.55. The zero-order valence-corrected chi connectivity index (χ0v) is 13.8. The molecule has 1 aliphatic heterocycles. The van der Waals surface area contributed by atoms with Crippen LogP contribution in [0.25, 0.3) is 0 Å². The molecule has 0 radical (unpaired) electrons. The SMILES string of the molecule is CC(C)(C)OC=O.ClCc1cnc(N2CCNCC2)s1. The number of carbonyl (C=O) groups is 1. The van der Waals surface area contributed by atoms with Crippen LogP contribution in [0.1, 0.15) is 25.6 Å². The van der Waals surface area contributed by atoms with E-state index >= 15 is 0 Å². The van der Waals surface area contributed by atoms with Crippen LogP contribution in [0.15, 0.2) is 6.20 Å². The van der Waals surface area contributed by atoms with Crippen molar-refractivity contribution in [3.05, 3.63) is 11.1 Å². The van der Waals surface area contributed by atoms with E-state index in [1.807, 2.05) is 27.0 Å². The molecule has 1 aromatic rings. The third kappa shape index (κ3) is 6.54. The quantitative estimate of drug-likeness (QED) is 0.684. The van der Waals surface area contributed by atoms with Crippen molar-refractivity contribution in [1.82, 2.24) is 10.3 Å². The Bertz CT molecular complexity index is 401. The molecule has 114 valence electrons. The maximum absolute atomic E-state index is 9.60. The van der Waals surface area contributed by atoms with Gasteiger partial charge in [0.15, 0.2) is 5.13 Å². The minimum absolute atomic E-state index is 0.318. The number of nitrogens with one attached hydrogen (secondary N) is 1. The van der Waals surface area contributed by atoms with E-state index in [0.29, 0.717) is 12.4 Å². The lowest BCUT2D eigenvalue weighted by Gasteiger charge is -2.26. The van der Waals surface area contributed by atoms with E-state index in [-0.39, 0.29) is 5.60 Å². The van der Waals surface area contributed by atoms with Crippen molar-refractivity contribution in [1.29, 1.82) is 0 Å². The topological polar surface area (TPSA) is 54.5 Å². The van der Waals surface area contributed by atoms with Gasteiger partial charge in [0.05, 0.1) is 5.88 Å². The normalized spacial score (nSPS) is 15.3. The van der Waals surface area contributed by atoms with Gasteiger partial charge in [-0.25, -0.2) is 4.98 Å². The summed E-state index contributed by atoms with van der Waals surface area (Å²) in [6.07, 6.45) is 1.87. The van der Waals surface area contributed by atoms with E-state index in [1.54, 1.807) is 11.3 Å². The lowest BCUT2D eigenvalue weighted by molar-refractivity contribution is -0.138. The third-order valence-corrected chi connectivity index (χ3v) is 3.97. The summed E-state index contributed by atoms with van der Waals surface area (Å²) in [7, 11) is 0. The summed E-state index contributed by atoms with van der Waals surface area (Å²) in [5.41, 5.74) is -0.318. The maximum Gasteiger partial charge on any atom is 0.293 e. The predicted molar refractivity (Wildman–Crippen MR) is 83.7 cm³/mol. The van der Waals surface area contributed by atoms with Gasteiger partial charge in [0.1, 0.15) is 5.60 Å². The zero-order chi connectivity index (χ0) is 15.0. The van der Waals surface area contributed by atoms with Gasteiger partial charge in [-0.2, -0.15) is 0 Å². The van der Waals surface area contributed by atoms with Crippen LogP contribution < -0.4 is 10.2 Å². The van der Waals surface area contributed by atoms with Crippen molar-refractivity contribution >= 4 is 34.5 Å². The van der Waals surface area contributed by atoms with Crippen LogP contribution in [-0.4, -0.2) is 43.2 Å². The first-order valence-corrected chi connectivity index (χ1v) is 7.89. The molecule has 0 aromatic carbocycles. The van der Waals surface area contributed by atoms with Crippen molar-refractivity contribution in [2.45, 2.75) is 32.3 Å². The Morgan fingerprint density at radius 2 is 2.15 bits per heavy atom. The molecule has 5 nitrogen and oxygen atoms in total. The molecule has 20 heavy (non-hydrogen) atoms. The molecular formula is C13H22ClN3O2S. The van der Waals surface area contributed by atoms with Gasteiger partial charge in [0.2, 0.25) is 0 Å². The monoisotopic (exact) mass is 319 g/mol. The summed E-state index contributed by atoms with van der Waals surface area (Å²) in [6.45, 7) is 10.1. The van der Waals surface area contributed by atoms with Gasteiger partial charge in [0.25, 0.3) is 6.47 Å². The first kappa shape index (κ1) is 17.2. The minimum Gasteiger partial charge on any atom is -0.462 e. The van der Waals surface area contributed by atoms with Crippen LogP contribution in [-0.2, 0) is 15.4 Å². The second-order valence-corrected chi connectivity index (χ2v) is 6.67. The van der Waals surface area contributed by atoms with Gasteiger partial charge in [-0.1, -0.05) is 0 Å². The molecular weight excluding hydrogens is 298 g/mol. The number of anilines is 1. The van der Waals surface area contributed by atoms with Crippen LogP contribution in [0.3, 0.4) is 0 Å². The number of alkyl halides is 1. The standard InChI is InChI=1S/C8H12ClN3S.C5H10O2/c9-5-7-6-11-8(13-7)12-3-1-10-2-4-12;1-5(2,3)7-4-6/h6,10H,1-5H2;4H,1-3H3. The van der Waals surface area contributed by atoms with E-state index in [2.05, 4.69) is 19.9 Å². The van der Waals surface area contributed by atoms with Crippen LogP contribution in [0.5, 0.6) is 0 Å². The van der Waals surface area contributed by atoms with Crippen LogP contribution >= 0.6 is 22.9 Å². The van der Waals surface area contributed by atoms with Gasteiger partial charge in [-0.3, -0.25) is 4.79 Å². The number of ether oxygens (including phenoxy) is 1. The second-order valence-electron chi connectivity index (χ2n) is 5.31. The van der Waals surface area contributed by atoms with Crippen molar-refractivity contribution in [3.63, 3.8) is 0 Å². The number of hydrogen-bond acceptors (Lipinski definition) is 6. The third-order valence-electron chi connectivity index (χ3n) is 2.46. The molecule has 1 N–H and O–H groups in total. The summed E-state index contributed by atoms with van der Waals surface area (Å²) in [5, 5.41) is 4.42. The van der Waals surface area contributed by atoms with Crippen LogP contribution in [0.2, 0.25) is 0 Å². The molecule has 0 amide bonds. The highest BCUT2D eigenvalue weighted by atomic mass is 35.5. The molecule has 2 heterocycles. The van der Waals surface area contributed by atoms with Crippen LogP contribution in [0, 0.1) is 0 Å². The lowest BCUT2D eigenvalue weighted by atomic mass is 10.2. The van der Waals surface area contributed by atoms with Gasteiger partial charge < -0.3 is 15.0 Å². The molecule has 0 unspecified atom stereocenters. The first-order valence-electron chi connectivity index (χ1n) is 6.54. The first-order chi connectivity index (χ1) is 9.46. The van der Waals surface area contributed by atoms with Crippen molar-refractivity contribution in [2.24, 2.45) is 0 Å². The number of rotatable bonds is 3. The Morgan fingerprint density at radius 3 is 2.55 bits per heavy atom. The number of thiazole rings is 1. The summed E-state index contributed by atoms with van der Waals surface area (Å²) >= 11 is 7.41. The summed E-state index contributed by atoms with van der Waals surface area (Å²) in [4.78, 5) is 17.4. The Hall–Kier alpha value is -0.850. The smallest absolute Gasteiger partial charge is 0.293 e. The molecule has 0 spiro atoms. The molecule has 1 saturated heterocycles. The molecule has 0 bridgehead atoms. The van der Waals surface area contributed by atoms with Crippen LogP contribution in [0.4, 0.5) is 5.13 Å². The highest BCUT2D eigenvalue weighted by Gasteiger charge is 2.13. The average Bonchev–Trinajstić information content (AvgIpc) is 2.88. The number of halogens is 1. The summed E-state index contributed by atoms with van der Waals surface area (Å²) in [6, 6.07) is 0. The Balaban J connectivity index is 0.000000246. The second kappa shape index (κ2) is 8.44. The molecule has 0 atom stereocenters. The van der Waals surface area contributed by atoms with Gasteiger partial charge in [-0.15, -0.1) is 22.9 Å². The predicted octanol–water partition coefficient (Wildman–Crippen LogP) is 2.25. The molecule has 2 rings (SSSR count). The Morgan fingerprint density at radius 1 is 1.50 bits per heavy atom. The molecule has 1 aliphatic rings. The molecule has 7 heteroatoms. The molecule has 1 fully saturated rings. The number of carbonyl (C=O) groups excluding carboxylic acids is 1. The molecule has 0 saturated carbocycles. The molecule has 1 aromatic heterocycles. The van der Waals surface area contributed by atoms with E-state index in [4.69, 9.17) is 11.6 Å². The van der Waals surface area contributed by atoms with E-state index in [0.717, 1.165) is 36.2 Å². The van der Waals surface area contributed by atoms with Gasteiger partial charge in [-0.05, 0) is 20.8 Å². The van der Waals surface area contributed by atoms with Gasteiger partial charge >= 0.3 is 0 Å². The highest BCUT2D eigenvalue weighted by Crippen LogP contribution is 2.23. The van der Waals surface area contributed by atoms with E-state index < -0.39 is 0 Å². The Labute approximate surface area is 129 Å². The molecule has 0 aliphatic carbocycles. The highest BCUT2D eigenvalue weighted by molar-refractivity contribution is 7.15. The number of nitrogens with zero attached hydrogens (tertiary/aromatic N) is 2.